The van der Waals surface area contributed by atoms with Gasteiger partial charge in [0.1, 0.15) is 11.7 Å². The minimum Gasteiger partial charge on any atom is -0.460 e. The summed E-state index contributed by atoms with van der Waals surface area (Å²) in [6.45, 7) is 12.7. The van der Waals surface area contributed by atoms with Crippen molar-refractivity contribution in [2.45, 2.75) is 78.3 Å². The number of aliphatic hydroxyl groups is 3. The van der Waals surface area contributed by atoms with Crippen LogP contribution >= 0.6 is 0 Å². The predicted octanol–water partition coefficient (Wildman–Crippen LogP) is 1.95. The largest absolute Gasteiger partial charge is 0.460 e. The topological polar surface area (TPSA) is 130 Å². The fourth-order valence-corrected chi connectivity index (χ4v) is 7.51. The third-order valence-corrected chi connectivity index (χ3v) is 9.88. The number of carbonyl (C=O) groups is 3. The van der Waals surface area contributed by atoms with Crippen LogP contribution in [0.4, 0.5) is 0 Å². The van der Waals surface area contributed by atoms with E-state index in [1.54, 1.807) is 26.8 Å². The number of hydrogen-bond donors (Lipinski definition) is 3. The van der Waals surface area contributed by atoms with Gasteiger partial charge in [-0.05, 0) is 36.3 Å². The van der Waals surface area contributed by atoms with Crippen LogP contribution in [-0.4, -0.2) is 63.6 Å². The van der Waals surface area contributed by atoms with Crippen molar-refractivity contribution < 1.29 is 39.2 Å². The van der Waals surface area contributed by atoms with Gasteiger partial charge in [-0.2, -0.15) is 0 Å². The summed E-state index contributed by atoms with van der Waals surface area (Å²) in [5.41, 5.74) is -4.74. The third-order valence-electron chi connectivity index (χ3n) is 9.88. The molecule has 0 aliphatic heterocycles. The lowest BCUT2D eigenvalue weighted by Gasteiger charge is -2.49. The molecule has 3 N–H and O–H groups in total. The van der Waals surface area contributed by atoms with E-state index in [-0.39, 0.29) is 29.6 Å². The van der Waals surface area contributed by atoms with E-state index in [0.717, 1.165) is 0 Å². The van der Waals surface area contributed by atoms with Gasteiger partial charge in [-0.15, -0.1) is 0 Å². The molecule has 4 rings (SSSR count). The maximum absolute atomic E-state index is 14.4. The van der Waals surface area contributed by atoms with E-state index in [1.807, 2.05) is 27.7 Å². The molecule has 4 aliphatic rings. The second-order valence-corrected chi connectivity index (χ2v) is 12.0. The predicted molar refractivity (Wildman–Crippen MR) is 126 cm³/mol. The Balaban J connectivity index is 1.91. The van der Waals surface area contributed by atoms with Gasteiger partial charge in [-0.1, -0.05) is 53.7 Å². The van der Waals surface area contributed by atoms with Gasteiger partial charge in [0.2, 0.25) is 0 Å². The van der Waals surface area contributed by atoms with Gasteiger partial charge in [-0.3, -0.25) is 14.4 Å². The normalized spacial score (nSPS) is 44.2. The van der Waals surface area contributed by atoms with Gasteiger partial charge in [0.05, 0.1) is 17.9 Å². The van der Waals surface area contributed by atoms with Crippen LogP contribution in [0.3, 0.4) is 0 Å². The summed E-state index contributed by atoms with van der Waals surface area (Å²) in [5, 5.41) is 34.2. The first-order valence-electron chi connectivity index (χ1n) is 12.5. The SMILES string of the molecule is CC1=C[C@]23C(=O)[C@@H](C=C(CO)[C@@H](O)[C@]2(O)[C@H]1OC(=O)C(C)C(C)C)[C@@H]1C(C)(C)[C@]1(OC=O)C[C@H]3C. The molecule has 0 aromatic heterocycles. The highest BCUT2D eigenvalue weighted by atomic mass is 16.6. The number of aliphatic hydroxyl groups excluding tert-OH is 2. The van der Waals surface area contributed by atoms with Crippen LogP contribution < -0.4 is 0 Å². The zero-order valence-electron chi connectivity index (χ0n) is 21.6. The fraction of sp³-hybridized carbons (Fsp3) is 0.741. The lowest BCUT2D eigenvalue weighted by molar-refractivity contribution is -0.206. The number of Topliss-reactive ketones (excluding diaryl/α,β-unsaturated/α-hetero) is 1. The zero-order valence-corrected chi connectivity index (χ0v) is 21.6. The van der Waals surface area contributed by atoms with Gasteiger partial charge in [0.25, 0.3) is 6.47 Å². The second kappa shape index (κ2) is 7.98. The molecule has 0 radical (unpaired) electrons. The number of esters is 1. The Kier molecular flexibility index (Phi) is 5.94. The van der Waals surface area contributed by atoms with E-state index in [0.29, 0.717) is 12.0 Å². The molecule has 4 aliphatic carbocycles. The maximum Gasteiger partial charge on any atom is 0.309 e. The maximum atomic E-state index is 14.4. The Morgan fingerprint density at radius 3 is 2.46 bits per heavy atom. The number of fused-ring (bicyclic) bond motifs is 3. The Morgan fingerprint density at radius 2 is 1.91 bits per heavy atom. The lowest BCUT2D eigenvalue weighted by atomic mass is 9.59. The molecule has 0 amide bonds. The van der Waals surface area contributed by atoms with E-state index >= 15 is 0 Å². The van der Waals surface area contributed by atoms with Crippen LogP contribution in [0.5, 0.6) is 0 Å². The molecule has 0 aromatic carbocycles. The highest BCUT2D eigenvalue weighted by Gasteiger charge is 2.83. The van der Waals surface area contributed by atoms with E-state index in [2.05, 4.69) is 0 Å². The van der Waals surface area contributed by atoms with Gasteiger partial charge in [0.15, 0.2) is 17.5 Å². The summed E-state index contributed by atoms with van der Waals surface area (Å²) < 4.78 is 11.5. The molecule has 8 heteroatoms. The van der Waals surface area contributed by atoms with Crippen LogP contribution in [0.2, 0.25) is 0 Å². The van der Waals surface area contributed by atoms with Crippen LogP contribution in [0.1, 0.15) is 54.9 Å². The Hall–Kier alpha value is -2.03. The highest BCUT2D eigenvalue weighted by Crippen LogP contribution is 2.75. The van der Waals surface area contributed by atoms with Crippen molar-refractivity contribution in [2.24, 2.45) is 40.4 Å². The van der Waals surface area contributed by atoms with Crippen LogP contribution in [0.25, 0.3) is 0 Å². The van der Waals surface area contributed by atoms with Crippen molar-refractivity contribution in [1.29, 1.82) is 0 Å². The van der Waals surface area contributed by atoms with Gasteiger partial charge in [-0.25, -0.2) is 0 Å². The van der Waals surface area contributed by atoms with Crippen molar-refractivity contribution >= 4 is 18.2 Å². The van der Waals surface area contributed by atoms with Crippen molar-refractivity contribution in [1.82, 2.24) is 0 Å². The van der Waals surface area contributed by atoms with E-state index in [4.69, 9.17) is 9.47 Å². The average molecular weight is 491 g/mol. The molecule has 35 heavy (non-hydrogen) atoms. The lowest BCUT2D eigenvalue weighted by Crippen LogP contribution is -2.66. The minimum absolute atomic E-state index is 0.0127. The number of carbonyl (C=O) groups excluding carboxylic acids is 3. The van der Waals surface area contributed by atoms with Crippen molar-refractivity contribution in [3.05, 3.63) is 23.3 Å². The summed E-state index contributed by atoms with van der Waals surface area (Å²) >= 11 is 0. The van der Waals surface area contributed by atoms with Crippen LogP contribution in [-0.2, 0) is 23.9 Å². The molecule has 1 spiro atoms. The van der Waals surface area contributed by atoms with E-state index < -0.39 is 64.6 Å². The van der Waals surface area contributed by atoms with Crippen molar-refractivity contribution in [2.75, 3.05) is 6.61 Å². The molecule has 194 valence electrons. The minimum atomic E-state index is -2.23. The first-order valence-corrected chi connectivity index (χ1v) is 12.5. The molecule has 2 bridgehead atoms. The van der Waals surface area contributed by atoms with Gasteiger partial charge < -0.3 is 24.8 Å². The zero-order chi connectivity index (χ0) is 26.3. The standard InChI is InChI=1S/C27H38O8/c1-13(2)16(5)23(32)35-22-14(3)9-25-15(4)10-26(34-12-29)19(24(26,6)7)18(21(25)31)8-17(11-28)20(30)27(22,25)33/h8-9,12-13,15-16,18-20,22,28,30,33H,10-11H2,1-7H3/t15-,16?,18+,19-,20-,22+,25+,26+,27+/m1/s1. The summed E-state index contributed by atoms with van der Waals surface area (Å²) in [7, 11) is 0. The number of allylic oxidation sites excluding steroid dienone is 1. The molecule has 2 fully saturated rings. The molecule has 8 nitrogen and oxygen atoms in total. The Morgan fingerprint density at radius 1 is 1.29 bits per heavy atom. The first-order chi connectivity index (χ1) is 16.2. The average Bonchev–Trinajstić information content (AvgIpc) is 3.19. The summed E-state index contributed by atoms with van der Waals surface area (Å²) in [5.74, 6) is -3.11. The van der Waals surface area contributed by atoms with Gasteiger partial charge in [0, 0.05) is 17.3 Å². The second-order valence-electron chi connectivity index (χ2n) is 12.0. The number of hydrogen-bond acceptors (Lipinski definition) is 8. The Labute approximate surface area is 206 Å². The fourth-order valence-electron chi connectivity index (χ4n) is 7.51. The smallest absolute Gasteiger partial charge is 0.309 e. The van der Waals surface area contributed by atoms with E-state index in [9.17, 15) is 29.7 Å². The molecule has 9 atom stereocenters. The van der Waals surface area contributed by atoms with Crippen molar-refractivity contribution in [3.8, 4) is 0 Å². The number of ketones is 1. The highest BCUT2D eigenvalue weighted by molar-refractivity contribution is 5.96. The molecule has 0 aromatic rings. The Bertz CT molecular complexity index is 1010. The van der Waals surface area contributed by atoms with Gasteiger partial charge >= 0.3 is 5.97 Å². The number of rotatable bonds is 6. The molecule has 2 saturated carbocycles. The quantitative estimate of drug-likeness (QED) is 0.293. The van der Waals surface area contributed by atoms with Crippen LogP contribution in [0.15, 0.2) is 23.3 Å². The molecule has 0 saturated heterocycles. The van der Waals surface area contributed by atoms with Crippen molar-refractivity contribution in [3.63, 3.8) is 0 Å². The molecule has 0 heterocycles. The van der Waals surface area contributed by atoms with E-state index in [1.165, 1.54) is 6.08 Å². The summed E-state index contributed by atoms with van der Waals surface area (Å²) in [6, 6.07) is 0. The van der Waals surface area contributed by atoms with Crippen LogP contribution in [0, 0.1) is 40.4 Å². The third kappa shape index (κ3) is 2.99. The number of ether oxygens (including phenoxy) is 2. The molecular formula is C27H38O8. The first kappa shape index (κ1) is 26.0. The molecular weight excluding hydrogens is 452 g/mol. The summed E-state index contributed by atoms with van der Waals surface area (Å²) in [6.07, 6.45) is 0.539. The molecule has 1 unspecified atom stereocenters. The summed E-state index contributed by atoms with van der Waals surface area (Å²) in [4.78, 5) is 39.0. The monoisotopic (exact) mass is 490 g/mol.